The molecule has 0 aliphatic rings. The van der Waals surface area contributed by atoms with Gasteiger partial charge in [-0.25, -0.2) is 0 Å². The molecule has 88 valence electrons. The minimum atomic E-state index is 0.0196. The molecule has 0 radical (unpaired) electrons. The van der Waals surface area contributed by atoms with Crippen LogP contribution in [0.5, 0.6) is 0 Å². The third kappa shape index (κ3) is 2.69. The van der Waals surface area contributed by atoms with Gasteiger partial charge in [0.25, 0.3) is 0 Å². The normalized spacial score (nSPS) is 10.4. The monoisotopic (exact) mass is 230 g/mol. The highest BCUT2D eigenvalue weighted by molar-refractivity contribution is 5.94. The molecular formula is C12H14N4O. The number of nitrogens with two attached hydrogens (primary N) is 1. The van der Waals surface area contributed by atoms with E-state index < -0.39 is 0 Å². The van der Waals surface area contributed by atoms with E-state index in [4.69, 9.17) is 5.73 Å². The molecule has 5 heteroatoms. The third-order valence-corrected chi connectivity index (χ3v) is 2.60. The maximum absolute atomic E-state index is 11.8. The van der Waals surface area contributed by atoms with Crippen molar-refractivity contribution in [3.05, 3.63) is 42.0 Å². The van der Waals surface area contributed by atoms with Crippen LogP contribution in [0.4, 0.5) is 5.69 Å². The molecule has 0 aliphatic carbocycles. The molecule has 0 saturated heterocycles. The number of anilines is 1. The van der Waals surface area contributed by atoms with Crippen molar-refractivity contribution in [3.63, 3.8) is 0 Å². The Bertz CT molecular complexity index is 516. The van der Waals surface area contributed by atoms with Crippen molar-refractivity contribution < 1.29 is 4.79 Å². The highest BCUT2D eigenvalue weighted by Gasteiger charge is 2.08. The quantitative estimate of drug-likeness (QED) is 0.801. The Morgan fingerprint density at radius 3 is 2.82 bits per heavy atom. The average Bonchev–Trinajstić information content (AvgIpc) is 2.73. The molecule has 2 N–H and O–H groups in total. The summed E-state index contributed by atoms with van der Waals surface area (Å²) in [6, 6.07) is 5.24. The van der Waals surface area contributed by atoms with Crippen molar-refractivity contribution in [3.8, 4) is 0 Å². The van der Waals surface area contributed by atoms with Crippen LogP contribution in [0.1, 0.15) is 22.6 Å². The number of nitrogen functional groups attached to an aromatic ring is 1. The molecule has 0 bridgehead atoms. The first kappa shape index (κ1) is 11.3. The van der Waals surface area contributed by atoms with Crippen LogP contribution < -0.4 is 5.73 Å². The number of Topliss-reactive ketones (excluding diaryl/α,β-unsaturated/α-hetero) is 1. The summed E-state index contributed by atoms with van der Waals surface area (Å²) in [6.45, 7) is 0. The standard InChI is InChI=1S/C12H14N4O/c1-16-10(6-7-15-16)3-5-12(17)11-4-2-9(13)8-14-11/h2,4,6-8H,3,5,13H2,1H3. The fraction of sp³-hybridized carbons (Fsp3) is 0.250. The van der Waals surface area contributed by atoms with Gasteiger partial charge in [0.1, 0.15) is 5.69 Å². The lowest BCUT2D eigenvalue weighted by atomic mass is 10.1. The molecule has 0 fully saturated rings. The number of ketones is 1. The highest BCUT2D eigenvalue weighted by Crippen LogP contribution is 2.07. The number of hydrogen-bond acceptors (Lipinski definition) is 4. The molecular weight excluding hydrogens is 216 g/mol. The van der Waals surface area contributed by atoms with Crippen LogP contribution in [0.25, 0.3) is 0 Å². The van der Waals surface area contributed by atoms with Crippen molar-refractivity contribution in [1.29, 1.82) is 0 Å². The number of pyridine rings is 1. The molecule has 0 aromatic carbocycles. The number of carbonyl (C=O) groups is 1. The van der Waals surface area contributed by atoms with Gasteiger partial charge >= 0.3 is 0 Å². The first-order valence-electron chi connectivity index (χ1n) is 5.38. The maximum Gasteiger partial charge on any atom is 0.181 e. The fourth-order valence-corrected chi connectivity index (χ4v) is 1.59. The average molecular weight is 230 g/mol. The van der Waals surface area contributed by atoms with E-state index >= 15 is 0 Å². The summed E-state index contributed by atoms with van der Waals surface area (Å²) in [7, 11) is 1.86. The molecule has 0 saturated carbocycles. The number of hydrogen-bond donors (Lipinski definition) is 1. The van der Waals surface area contributed by atoms with Crippen molar-refractivity contribution in [2.24, 2.45) is 7.05 Å². The van der Waals surface area contributed by atoms with E-state index in [9.17, 15) is 4.79 Å². The molecule has 2 aromatic heterocycles. The molecule has 0 amide bonds. The van der Waals surface area contributed by atoms with Gasteiger partial charge in [-0.05, 0) is 24.6 Å². The summed E-state index contributed by atoms with van der Waals surface area (Å²) in [5, 5.41) is 4.05. The molecule has 2 aromatic rings. The lowest BCUT2D eigenvalue weighted by Crippen LogP contribution is -2.06. The van der Waals surface area contributed by atoms with Crippen LogP contribution in [0.2, 0.25) is 0 Å². The molecule has 0 spiro atoms. The zero-order chi connectivity index (χ0) is 12.3. The number of rotatable bonds is 4. The van der Waals surface area contributed by atoms with Gasteiger partial charge in [-0.2, -0.15) is 5.10 Å². The van der Waals surface area contributed by atoms with Gasteiger partial charge < -0.3 is 5.73 Å². The minimum absolute atomic E-state index is 0.0196. The molecule has 2 heterocycles. The van der Waals surface area contributed by atoms with Crippen LogP contribution in [0, 0.1) is 0 Å². The Labute approximate surface area is 99.3 Å². The van der Waals surface area contributed by atoms with Crippen LogP contribution in [-0.4, -0.2) is 20.5 Å². The van der Waals surface area contributed by atoms with Crippen molar-refractivity contribution in [1.82, 2.24) is 14.8 Å². The van der Waals surface area contributed by atoms with Crippen LogP contribution in [-0.2, 0) is 13.5 Å². The minimum Gasteiger partial charge on any atom is -0.397 e. The van der Waals surface area contributed by atoms with Gasteiger partial charge in [-0.15, -0.1) is 0 Å². The Kier molecular flexibility index (Phi) is 3.18. The zero-order valence-electron chi connectivity index (χ0n) is 9.63. The predicted molar refractivity (Wildman–Crippen MR) is 64.5 cm³/mol. The number of aromatic nitrogens is 3. The summed E-state index contributed by atoms with van der Waals surface area (Å²) >= 11 is 0. The molecule has 17 heavy (non-hydrogen) atoms. The second kappa shape index (κ2) is 4.78. The maximum atomic E-state index is 11.8. The SMILES string of the molecule is Cn1nccc1CCC(=O)c1ccc(N)cn1. The second-order valence-corrected chi connectivity index (χ2v) is 3.85. The van der Waals surface area contributed by atoms with Gasteiger partial charge in [-0.3, -0.25) is 14.5 Å². The van der Waals surface area contributed by atoms with Crippen LogP contribution >= 0.6 is 0 Å². The second-order valence-electron chi connectivity index (χ2n) is 3.85. The molecule has 0 unspecified atom stereocenters. The van der Waals surface area contributed by atoms with E-state index in [1.54, 1.807) is 23.0 Å². The fourth-order valence-electron chi connectivity index (χ4n) is 1.59. The molecule has 0 atom stereocenters. The van der Waals surface area contributed by atoms with Gasteiger partial charge in [0.15, 0.2) is 5.78 Å². The summed E-state index contributed by atoms with van der Waals surface area (Å²) in [5.74, 6) is 0.0196. The van der Waals surface area contributed by atoms with Gasteiger partial charge in [0, 0.05) is 25.4 Å². The summed E-state index contributed by atoms with van der Waals surface area (Å²) in [5.41, 5.74) is 7.57. The highest BCUT2D eigenvalue weighted by atomic mass is 16.1. The van der Waals surface area contributed by atoms with E-state index in [0.717, 1.165) is 5.69 Å². The number of carbonyl (C=O) groups excluding carboxylic acids is 1. The smallest absolute Gasteiger partial charge is 0.181 e. The van der Waals surface area contributed by atoms with E-state index in [0.29, 0.717) is 24.2 Å². The Balaban J connectivity index is 1.98. The van der Waals surface area contributed by atoms with Gasteiger partial charge in [-0.1, -0.05) is 0 Å². The largest absolute Gasteiger partial charge is 0.397 e. The summed E-state index contributed by atoms with van der Waals surface area (Å²) in [4.78, 5) is 15.8. The lowest BCUT2D eigenvalue weighted by Gasteiger charge is -2.02. The Hall–Kier alpha value is -2.17. The first-order chi connectivity index (χ1) is 8.16. The Morgan fingerprint density at radius 2 is 2.24 bits per heavy atom. The van der Waals surface area contributed by atoms with E-state index in [-0.39, 0.29) is 5.78 Å². The summed E-state index contributed by atoms with van der Waals surface area (Å²) < 4.78 is 1.77. The lowest BCUT2D eigenvalue weighted by molar-refractivity contribution is 0.0977. The Morgan fingerprint density at radius 1 is 1.41 bits per heavy atom. The topological polar surface area (TPSA) is 73.8 Å². The van der Waals surface area contributed by atoms with Gasteiger partial charge in [0.2, 0.25) is 0 Å². The molecule has 2 rings (SSSR count). The van der Waals surface area contributed by atoms with Crippen LogP contribution in [0.3, 0.4) is 0 Å². The first-order valence-corrected chi connectivity index (χ1v) is 5.38. The molecule has 5 nitrogen and oxygen atoms in total. The third-order valence-electron chi connectivity index (χ3n) is 2.60. The van der Waals surface area contributed by atoms with Crippen LogP contribution in [0.15, 0.2) is 30.6 Å². The van der Waals surface area contributed by atoms with Gasteiger partial charge in [0.05, 0.1) is 11.9 Å². The number of aryl methyl sites for hydroxylation is 2. The molecule has 0 aliphatic heterocycles. The summed E-state index contributed by atoms with van der Waals surface area (Å²) in [6.07, 6.45) is 4.32. The van der Waals surface area contributed by atoms with Crippen molar-refractivity contribution in [2.45, 2.75) is 12.8 Å². The van der Waals surface area contributed by atoms with E-state index in [2.05, 4.69) is 10.1 Å². The predicted octanol–water partition coefficient (Wildman–Crippen LogP) is 1.21. The number of nitrogens with zero attached hydrogens (tertiary/aromatic N) is 3. The zero-order valence-corrected chi connectivity index (χ0v) is 9.63. The van der Waals surface area contributed by atoms with E-state index in [1.165, 1.54) is 6.20 Å². The van der Waals surface area contributed by atoms with Crippen molar-refractivity contribution >= 4 is 11.5 Å². The van der Waals surface area contributed by atoms with E-state index in [1.807, 2.05) is 13.1 Å². The van der Waals surface area contributed by atoms with Crippen molar-refractivity contribution in [2.75, 3.05) is 5.73 Å².